The van der Waals surface area contributed by atoms with Crippen molar-refractivity contribution in [1.82, 2.24) is 14.8 Å². The van der Waals surface area contributed by atoms with E-state index in [0.29, 0.717) is 37.8 Å². The summed E-state index contributed by atoms with van der Waals surface area (Å²) < 4.78 is 14.9. The summed E-state index contributed by atoms with van der Waals surface area (Å²) in [6, 6.07) is 15.8. The minimum Gasteiger partial charge on any atom is -0.319 e. The van der Waals surface area contributed by atoms with Crippen LogP contribution in [-0.2, 0) is 0 Å². The lowest BCUT2D eigenvalue weighted by Gasteiger charge is -2.07. The van der Waals surface area contributed by atoms with E-state index in [1.807, 2.05) is 6.92 Å². The van der Waals surface area contributed by atoms with Crippen LogP contribution in [0.3, 0.4) is 0 Å². The van der Waals surface area contributed by atoms with Crippen molar-refractivity contribution in [3.8, 4) is 17.1 Å². The molecule has 1 heterocycles. The van der Waals surface area contributed by atoms with E-state index in [1.165, 1.54) is 16.8 Å². The zero-order chi connectivity index (χ0) is 22.1. The van der Waals surface area contributed by atoms with Crippen molar-refractivity contribution in [3.63, 3.8) is 0 Å². The summed E-state index contributed by atoms with van der Waals surface area (Å²) >= 11 is 18.2. The molecular formula is C22H14Cl3FN4O. The Balaban J connectivity index is 1.78. The Labute approximate surface area is 192 Å². The summed E-state index contributed by atoms with van der Waals surface area (Å²) in [5, 5.41) is 8.32. The van der Waals surface area contributed by atoms with Gasteiger partial charge in [-0.25, -0.2) is 14.1 Å². The quantitative estimate of drug-likeness (QED) is 0.362. The zero-order valence-corrected chi connectivity index (χ0v) is 18.3. The average molecular weight is 476 g/mol. The largest absolute Gasteiger partial charge is 0.319 e. The molecule has 0 saturated heterocycles. The number of nitrogens with zero attached hydrogens (tertiary/aromatic N) is 3. The molecule has 5 nitrogen and oxygen atoms in total. The molecule has 0 aliphatic carbocycles. The van der Waals surface area contributed by atoms with Gasteiger partial charge in [0.05, 0.1) is 15.7 Å². The summed E-state index contributed by atoms with van der Waals surface area (Å²) in [7, 11) is 0. The molecule has 0 bridgehead atoms. The number of rotatable bonds is 4. The van der Waals surface area contributed by atoms with Crippen molar-refractivity contribution in [2.24, 2.45) is 0 Å². The second-order valence-electron chi connectivity index (χ2n) is 6.69. The van der Waals surface area contributed by atoms with Gasteiger partial charge in [-0.3, -0.25) is 4.79 Å². The molecule has 31 heavy (non-hydrogen) atoms. The number of nitrogens with one attached hydrogen (secondary N) is 1. The molecule has 3 aromatic carbocycles. The number of amides is 1. The van der Waals surface area contributed by atoms with Gasteiger partial charge >= 0.3 is 0 Å². The molecule has 0 aliphatic rings. The number of carbonyl (C=O) groups is 1. The number of benzene rings is 3. The summed E-state index contributed by atoms with van der Waals surface area (Å²) in [6.07, 6.45) is 0. The first-order valence-electron chi connectivity index (χ1n) is 9.08. The lowest BCUT2D eigenvalue weighted by atomic mass is 10.2. The standard InChI is InChI=1S/C22H14Cl3FN4O/c1-12-2-5-14(23)10-19(12)27-22(31)20-28-21(13-3-6-15(26)7-4-13)30(29-20)16-8-9-17(24)18(25)11-16/h2-11H,1H3,(H,27,31). The molecule has 0 spiro atoms. The van der Waals surface area contributed by atoms with Crippen LogP contribution in [-0.4, -0.2) is 20.7 Å². The van der Waals surface area contributed by atoms with E-state index in [4.69, 9.17) is 34.8 Å². The van der Waals surface area contributed by atoms with Gasteiger partial charge in [0, 0.05) is 16.3 Å². The fourth-order valence-corrected chi connectivity index (χ4v) is 3.36. The van der Waals surface area contributed by atoms with E-state index >= 15 is 0 Å². The molecule has 1 aromatic heterocycles. The van der Waals surface area contributed by atoms with E-state index in [9.17, 15) is 9.18 Å². The van der Waals surface area contributed by atoms with Crippen LogP contribution in [0, 0.1) is 12.7 Å². The summed E-state index contributed by atoms with van der Waals surface area (Å²) in [6.45, 7) is 1.84. The van der Waals surface area contributed by atoms with Crippen LogP contribution in [0.25, 0.3) is 17.1 Å². The summed E-state index contributed by atoms with van der Waals surface area (Å²) in [4.78, 5) is 17.3. The predicted octanol–water partition coefficient (Wildman–Crippen LogP) is 6.59. The fraction of sp³-hybridized carbons (Fsp3) is 0.0455. The number of hydrogen-bond donors (Lipinski definition) is 1. The molecule has 1 N–H and O–H groups in total. The van der Waals surface area contributed by atoms with Crippen molar-refractivity contribution >= 4 is 46.4 Å². The molecule has 9 heteroatoms. The highest BCUT2D eigenvalue weighted by Crippen LogP contribution is 2.28. The second kappa shape index (κ2) is 8.67. The minimum absolute atomic E-state index is 0.0789. The van der Waals surface area contributed by atoms with Gasteiger partial charge in [0.15, 0.2) is 5.82 Å². The van der Waals surface area contributed by atoms with Gasteiger partial charge in [-0.15, -0.1) is 5.10 Å². The molecule has 4 aromatic rings. The van der Waals surface area contributed by atoms with Crippen LogP contribution in [0.1, 0.15) is 16.2 Å². The van der Waals surface area contributed by atoms with Crippen LogP contribution in [0.2, 0.25) is 15.1 Å². The zero-order valence-electron chi connectivity index (χ0n) is 16.0. The van der Waals surface area contributed by atoms with Gasteiger partial charge in [-0.2, -0.15) is 0 Å². The van der Waals surface area contributed by atoms with Gasteiger partial charge in [0.2, 0.25) is 5.82 Å². The molecule has 0 radical (unpaired) electrons. The first-order valence-corrected chi connectivity index (χ1v) is 10.2. The van der Waals surface area contributed by atoms with Crippen molar-refractivity contribution in [1.29, 1.82) is 0 Å². The molecule has 0 atom stereocenters. The topological polar surface area (TPSA) is 59.8 Å². The third kappa shape index (κ3) is 4.56. The number of halogens is 4. The van der Waals surface area contributed by atoms with E-state index < -0.39 is 11.7 Å². The van der Waals surface area contributed by atoms with Gasteiger partial charge < -0.3 is 5.32 Å². The Hall–Kier alpha value is -2.93. The monoisotopic (exact) mass is 474 g/mol. The van der Waals surface area contributed by atoms with E-state index in [2.05, 4.69) is 15.4 Å². The first kappa shape index (κ1) is 21.3. The summed E-state index contributed by atoms with van der Waals surface area (Å²) in [5.74, 6) is -0.651. The van der Waals surface area contributed by atoms with Crippen molar-refractivity contribution in [2.75, 3.05) is 5.32 Å². The van der Waals surface area contributed by atoms with Crippen LogP contribution < -0.4 is 5.32 Å². The molecule has 1 amide bonds. The Kier molecular flexibility index (Phi) is 5.96. The highest BCUT2D eigenvalue weighted by atomic mass is 35.5. The Bertz CT molecular complexity index is 1290. The normalized spacial score (nSPS) is 10.9. The number of carbonyl (C=O) groups excluding carboxylic acids is 1. The maximum Gasteiger partial charge on any atom is 0.295 e. The van der Waals surface area contributed by atoms with Crippen molar-refractivity contribution in [2.45, 2.75) is 6.92 Å². The minimum atomic E-state index is -0.521. The van der Waals surface area contributed by atoms with Gasteiger partial charge in [-0.05, 0) is 67.1 Å². The maximum absolute atomic E-state index is 13.4. The van der Waals surface area contributed by atoms with Gasteiger partial charge in [-0.1, -0.05) is 40.9 Å². The molecule has 0 unspecified atom stereocenters. The second-order valence-corrected chi connectivity index (χ2v) is 7.94. The van der Waals surface area contributed by atoms with E-state index in [-0.39, 0.29) is 5.82 Å². The first-order chi connectivity index (χ1) is 14.8. The lowest BCUT2D eigenvalue weighted by Crippen LogP contribution is -2.15. The number of aryl methyl sites for hydroxylation is 1. The number of hydrogen-bond acceptors (Lipinski definition) is 3. The van der Waals surface area contributed by atoms with Crippen molar-refractivity contribution < 1.29 is 9.18 Å². The Morgan fingerprint density at radius 2 is 1.71 bits per heavy atom. The lowest BCUT2D eigenvalue weighted by molar-refractivity contribution is 0.101. The van der Waals surface area contributed by atoms with Gasteiger partial charge in [0.25, 0.3) is 5.91 Å². The Morgan fingerprint density at radius 1 is 0.968 bits per heavy atom. The summed E-state index contributed by atoms with van der Waals surface area (Å²) in [5.41, 5.74) is 2.49. The smallest absolute Gasteiger partial charge is 0.295 e. The molecule has 0 aliphatic heterocycles. The average Bonchev–Trinajstić information content (AvgIpc) is 3.19. The van der Waals surface area contributed by atoms with Crippen LogP contribution in [0.4, 0.5) is 10.1 Å². The van der Waals surface area contributed by atoms with Crippen LogP contribution in [0.5, 0.6) is 0 Å². The highest BCUT2D eigenvalue weighted by Gasteiger charge is 2.20. The van der Waals surface area contributed by atoms with E-state index in [1.54, 1.807) is 48.5 Å². The Morgan fingerprint density at radius 3 is 2.42 bits per heavy atom. The number of anilines is 1. The molecule has 0 fully saturated rings. The SMILES string of the molecule is Cc1ccc(Cl)cc1NC(=O)c1nc(-c2ccc(F)cc2)n(-c2ccc(Cl)c(Cl)c2)n1. The maximum atomic E-state index is 13.4. The number of aromatic nitrogens is 3. The molecule has 156 valence electrons. The van der Waals surface area contributed by atoms with E-state index in [0.717, 1.165) is 5.56 Å². The molecule has 0 saturated carbocycles. The van der Waals surface area contributed by atoms with Gasteiger partial charge in [0.1, 0.15) is 5.82 Å². The van der Waals surface area contributed by atoms with Crippen LogP contribution >= 0.6 is 34.8 Å². The fourth-order valence-electron chi connectivity index (χ4n) is 2.90. The third-order valence-corrected chi connectivity index (χ3v) is 5.48. The predicted molar refractivity (Wildman–Crippen MR) is 121 cm³/mol. The highest BCUT2D eigenvalue weighted by molar-refractivity contribution is 6.42. The molecule has 4 rings (SSSR count). The van der Waals surface area contributed by atoms with Crippen LogP contribution in [0.15, 0.2) is 60.7 Å². The van der Waals surface area contributed by atoms with Crippen molar-refractivity contribution in [3.05, 3.63) is 92.9 Å². The third-order valence-electron chi connectivity index (χ3n) is 4.51. The molecular weight excluding hydrogens is 462 g/mol.